The molecule has 0 bridgehead atoms. The third-order valence-corrected chi connectivity index (χ3v) is 3.69. The highest BCUT2D eigenvalue weighted by Gasteiger charge is 1.99. The second-order valence-electron chi connectivity index (χ2n) is 6.27. The predicted octanol–water partition coefficient (Wildman–Crippen LogP) is 1.09. The number of esters is 1. The first-order valence-corrected chi connectivity index (χ1v) is 11.0. The molecule has 0 aromatic carbocycles. The van der Waals surface area contributed by atoms with Crippen LogP contribution in [0.5, 0.6) is 0 Å². The average molecular weight is 455 g/mol. The van der Waals surface area contributed by atoms with Crippen LogP contribution in [0.2, 0.25) is 0 Å². The topological polar surface area (TPSA) is 100 Å². The lowest BCUT2D eigenvalue weighted by Crippen LogP contribution is -2.16. The Morgan fingerprint density at radius 1 is 0.484 bits per heavy atom. The van der Waals surface area contributed by atoms with E-state index in [1.165, 1.54) is 7.11 Å². The van der Waals surface area contributed by atoms with Gasteiger partial charge >= 0.3 is 5.97 Å². The number of carbonyl (C=O) groups is 1. The van der Waals surface area contributed by atoms with Crippen molar-refractivity contribution in [1.82, 2.24) is 0 Å². The van der Waals surface area contributed by atoms with E-state index in [0.29, 0.717) is 92.5 Å². The van der Waals surface area contributed by atoms with Gasteiger partial charge in [0.25, 0.3) is 0 Å². The average Bonchev–Trinajstić information content (AvgIpc) is 2.78. The highest BCUT2D eigenvalue weighted by Crippen LogP contribution is 1.88. The minimum Gasteiger partial charge on any atom is -0.467 e. The van der Waals surface area contributed by atoms with E-state index in [1.807, 2.05) is 0 Å². The molecular weight excluding hydrogens is 412 g/mol. The molecule has 0 radical (unpaired) electrons. The lowest BCUT2D eigenvalue weighted by atomic mass is 10.4. The second kappa shape index (κ2) is 27.2. The highest BCUT2D eigenvalue weighted by atomic mass is 16.6. The summed E-state index contributed by atoms with van der Waals surface area (Å²) < 4.78 is 47.2. The standard InChI is InChI=1S/C21H42O10/c1-3-4-5-24-6-7-25-8-9-26-10-11-27-12-13-28-14-15-29-16-17-30-18-19-31-20-21(22)23-2/h3-20H2,1-2H3. The third-order valence-electron chi connectivity index (χ3n) is 3.69. The molecule has 0 amide bonds. The predicted molar refractivity (Wildman–Crippen MR) is 113 cm³/mol. The minimum atomic E-state index is -0.400. The van der Waals surface area contributed by atoms with Crippen LogP contribution in [0.25, 0.3) is 0 Å². The number of carbonyl (C=O) groups excluding carboxylic acids is 1. The van der Waals surface area contributed by atoms with Crippen molar-refractivity contribution in [3.05, 3.63) is 0 Å². The Balaban J connectivity index is 3.01. The second-order valence-corrected chi connectivity index (χ2v) is 6.27. The fourth-order valence-corrected chi connectivity index (χ4v) is 2.00. The number of rotatable bonds is 26. The Morgan fingerprint density at radius 2 is 0.774 bits per heavy atom. The van der Waals surface area contributed by atoms with Crippen molar-refractivity contribution in [3.8, 4) is 0 Å². The monoisotopic (exact) mass is 454 g/mol. The van der Waals surface area contributed by atoms with Crippen LogP contribution in [-0.4, -0.2) is 119 Å². The quantitative estimate of drug-likeness (QED) is 0.139. The zero-order valence-electron chi connectivity index (χ0n) is 19.3. The van der Waals surface area contributed by atoms with Gasteiger partial charge in [0.15, 0.2) is 0 Å². The van der Waals surface area contributed by atoms with Crippen LogP contribution in [-0.2, 0) is 47.4 Å². The molecule has 0 atom stereocenters. The largest absolute Gasteiger partial charge is 0.467 e. The van der Waals surface area contributed by atoms with Crippen molar-refractivity contribution in [3.63, 3.8) is 0 Å². The molecule has 0 aliphatic heterocycles. The molecule has 0 aliphatic carbocycles. The molecule has 0 rings (SSSR count). The first kappa shape index (κ1) is 30.1. The SMILES string of the molecule is CCCCOCCOCCOCCOCCOCCOCCOCCOCC(=O)OC. The zero-order valence-corrected chi connectivity index (χ0v) is 19.3. The van der Waals surface area contributed by atoms with Crippen LogP contribution in [0.1, 0.15) is 19.8 Å². The van der Waals surface area contributed by atoms with Crippen LogP contribution in [0.15, 0.2) is 0 Å². The van der Waals surface area contributed by atoms with E-state index in [9.17, 15) is 4.79 Å². The molecule has 186 valence electrons. The molecule has 31 heavy (non-hydrogen) atoms. The summed E-state index contributed by atoms with van der Waals surface area (Å²) in [4.78, 5) is 10.8. The molecule has 10 heteroatoms. The van der Waals surface area contributed by atoms with Crippen molar-refractivity contribution in [2.75, 3.05) is 113 Å². The Hall–Kier alpha value is -0.850. The van der Waals surface area contributed by atoms with Crippen LogP contribution >= 0.6 is 0 Å². The summed E-state index contributed by atoms with van der Waals surface area (Å²) >= 11 is 0. The number of hydrogen-bond donors (Lipinski definition) is 0. The Morgan fingerprint density at radius 3 is 1.06 bits per heavy atom. The van der Waals surface area contributed by atoms with Crippen molar-refractivity contribution in [2.24, 2.45) is 0 Å². The van der Waals surface area contributed by atoms with Crippen molar-refractivity contribution in [1.29, 1.82) is 0 Å². The normalized spacial score (nSPS) is 11.2. The van der Waals surface area contributed by atoms with Gasteiger partial charge in [-0.15, -0.1) is 0 Å². The van der Waals surface area contributed by atoms with Crippen LogP contribution in [0, 0.1) is 0 Å². The minimum absolute atomic E-state index is 0.0606. The van der Waals surface area contributed by atoms with Gasteiger partial charge in [-0.25, -0.2) is 4.79 Å². The van der Waals surface area contributed by atoms with E-state index in [-0.39, 0.29) is 6.61 Å². The number of hydrogen-bond acceptors (Lipinski definition) is 10. The summed E-state index contributed by atoms with van der Waals surface area (Å²) in [5.41, 5.74) is 0. The number of unbranched alkanes of at least 4 members (excludes halogenated alkanes) is 1. The molecule has 0 fully saturated rings. The van der Waals surface area contributed by atoms with Gasteiger partial charge in [0.1, 0.15) is 6.61 Å². The lowest BCUT2D eigenvalue weighted by Gasteiger charge is -2.08. The molecule has 0 heterocycles. The van der Waals surface area contributed by atoms with E-state index in [0.717, 1.165) is 19.4 Å². The van der Waals surface area contributed by atoms with Crippen LogP contribution < -0.4 is 0 Å². The zero-order chi connectivity index (χ0) is 22.7. The van der Waals surface area contributed by atoms with Crippen LogP contribution in [0.3, 0.4) is 0 Å². The van der Waals surface area contributed by atoms with E-state index < -0.39 is 5.97 Å². The summed E-state index contributed by atoms with van der Waals surface area (Å²) in [5, 5.41) is 0. The summed E-state index contributed by atoms with van der Waals surface area (Å²) in [6.45, 7) is 10.0. The third kappa shape index (κ3) is 27.1. The molecule has 10 nitrogen and oxygen atoms in total. The van der Waals surface area contributed by atoms with Gasteiger partial charge in [-0.3, -0.25) is 0 Å². The Labute approximate surface area is 186 Å². The molecule has 0 saturated carbocycles. The smallest absolute Gasteiger partial charge is 0.331 e. The van der Waals surface area contributed by atoms with Gasteiger partial charge in [0.05, 0.1) is 99.6 Å². The maximum Gasteiger partial charge on any atom is 0.331 e. The molecular formula is C21H42O10. The summed E-state index contributed by atoms with van der Waals surface area (Å²) in [7, 11) is 1.32. The maximum absolute atomic E-state index is 10.8. The van der Waals surface area contributed by atoms with Gasteiger partial charge in [0.2, 0.25) is 0 Å². The molecule has 0 unspecified atom stereocenters. The molecule has 0 N–H and O–H groups in total. The van der Waals surface area contributed by atoms with Crippen LogP contribution in [0.4, 0.5) is 0 Å². The lowest BCUT2D eigenvalue weighted by molar-refractivity contribution is -0.146. The van der Waals surface area contributed by atoms with E-state index in [1.54, 1.807) is 0 Å². The van der Waals surface area contributed by atoms with E-state index in [2.05, 4.69) is 11.7 Å². The van der Waals surface area contributed by atoms with Crippen molar-refractivity contribution in [2.45, 2.75) is 19.8 Å². The Bertz CT molecular complexity index is 357. The van der Waals surface area contributed by atoms with Gasteiger partial charge in [-0.1, -0.05) is 13.3 Å². The fraction of sp³-hybridized carbons (Fsp3) is 0.952. The van der Waals surface area contributed by atoms with Gasteiger partial charge in [-0.05, 0) is 6.42 Å². The fourth-order valence-electron chi connectivity index (χ4n) is 2.00. The number of methoxy groups -OCH3 is 1. The van der Waals surface area contributed by atoms with E-state index >= 15 is 0 Å². The first-order valence-electron chi connectivity index (χ1n) is 11.0. The molecule has 0 aromatic rings. The first-order chi connectivity index (χ1) is 15.3. The summed E-state index contributed by atoms with van der Waals surface area (Å²) in [6.07, 6.45) is 2.24. The van der Waals surface area contributed by atoms with Crippen molar-refractivity contribution < 1.29 is 47.4 Å². The molecule has 0 saturated heterocycles. The van der Waals surface area contributed by atoms with Gasteiger partial charge in [0, 0.05) is 6.61 Å². The molecule has 0 aliphatic rings. The van der Waals surface area contributed by atoms with E-state index in [4.69, 9.17) is 37.9 Å². The molecule has 0 aromatic heterocycles. The Kier molecular flexibility index (Phi) is 26.4. The molecule has 0 spiro atoms. The van der Waals surface area contributed by atoms with Gasteiger partial charge < -0.3 is 42.6 Å². The summed E-state index contributed by atoms with van der Waals surface area (Å²) in [6, 6.07) is 0. The highest BCUT2D eigenvalue weighted by molar-refractivity contribution is 5.70. The number of ether oxygens (including phenoxy) is 9. The van der Waals surface area contributed by atoms with Crippen molar-refractivity contribution >= 4 is 5.97 Å². The van der Waals surface area contributed by atoms with Gasteiger partial charge in [-0.2, -0.15) is 0 Å². The maximum atomic E-state index is 10.8. The summed E-state index contributed by atoms with van der Waals surface area (Å²) in [5.74, 6) is -0.400.